The van der Waals surface area contributed by atoms with E-state index in [2.05, 4.69) is 28.2 Å². The molecule has 0 bridgehead atoms. The van der Waals surface area contributed by atoms with Gasteiger partial charge in [-0.1, -0.05) is 16.9 Å². The van der Waals surface area contributed by atoms with Crippen LogP contribution in [0.5, 0.6) is 0 Å². The van der Waals surface area contributed by atoms with Crippen LogP contribution < -0.4 is 0 Å². The van der Waals surface area contributed by atoms with Crippen LogP contribution in [0.3, 0.4) is 0 Å². The summed E-state index contributed by atoms with van der Waals surface area (Å²) >= 11 is 3.53. The topological polar surface area (TPSA) is 38.1 Å². The Kier molecular flexibility index (Phi) is 4.38. The molecular formula is C15H13N3S4. The lowest BCUT2D eigenvalue weighted by Gasteiger charge is -1.99. The number of aromatic nitrogens is 2. The molecule has 7 heteroatoms. The predicted octanol–water partition coefficient (Wildman–Crippen LogP) is 5.23. The Hall–Kier alpha value is -1.02. The largest absolute Gasteiger partial charge is 0.274 e. The van der Waals surface area contributed by atoms with Gasteiger partial charge in [0.2, 0.25) is 0 Å². The Morgan fingerprint density at radius 3 is 2.95 bits per heavy atom. The van der Waals surface area contributed by atoms with Crippen LogP contribution in [0.2, 0.25) is 0 Å². The second-order valence-corrected chi connectivity index (χ2v) is 8.86. The fourth-order valence-electron chi connectivity index (χ4n) is 2.00. The van der Waals surface area contributed by atoms with Gasteiger partial charge < -0.3 is 0 Å². The minimum atomic E-state index is 0. The molecule has 0 radical (unpaired) electrons. The quantitative estimate of drug-likeness (QED) is 0.593. The summed E-state index contributed by atoms with van der Waals surface area (Å²) < 4.78 is 1.22. The maximum absolute atomic E-state index is 4.69. The number of thioether (sulfide) groups is 1. The van der Waals surface area contributed by atoms with Crippen molar-refractivity contribution in [2.45, 2.75) is 9.92 Å². The van der Waals surface area contributed by atoms with E-state index in [-0.39, 0.29) is 1.43 Å². The van der Waals surface area contributed by atoms with Crippen molar-refractivity contribution in [1.82, 2.24) is 9.97 Å². The second kappa shape index (κ2) is 6.62. The number of nitrogens with zero attached hydrogens (tertiary/aromatic N) is 3. The summed E-state index contributed by atoms with van der Waals surface area (Å²) in [6.45, 7) is 0.914. The number of benzene rings is 1. The van der Waals surface area contributed by atoms with Gasteiger partial charge in [-0.05, 0) is 41.1 Å². The molecule has 0 saturated carbocycles. The molecule has 0 amide bonds. The number of hydrogen-bond acceptors (Lipinski definition) is 7. The zero-order chi connectivity index (χ0) is 14.8. The number of thiazole rings is 1. The molecule has 1 aliphatic heterocycles. The van der Waals surface area contributed by atoms with E-state index in [1.165, 1.54) is 9.60 Å². The summed E-state index contributed by atoms with van der Waals surface area (Å²) in [7, 11) is 3.40. The predicted molar refractivity (Wildman–Crippen MR) is 102 cm³/mol. The number of pyridine rings is 1. The van der Waals surface area contributed by atoms with E-state index < -0.39 is 0 Å². The van der Waals surface area contributed by atoms with Gasteiger partial charge in [0.05, 0.1) is 10.2 Å². The Bertz CT molecular complexity index is 835. The van der Waals surface area contributed by atoms with E-state index in [0.717, 1.165) is 32.9 Å². The zero-order valence-electron chi connectivity index (χ0n) is 11.4. The molecule has 4 rings (SSSR count). The monoisotopic (exact) mass is 363 g/mol. The summed E-state index contributed by atoms with van der Waals surface area (Å²) in [6.07, 6.45) is 1.82. The standard InChI is InChI=1S/C15H11N3S4.H2/c1-2-6-16-13(3-1)22-21-10-4-5-11-12(9-10)20-15(18-11)14-17-7-8-19-14;/h1-6,9H,7-8H2;1H. The van der Waals surface area contributed by atoms with Crippen LogP contribution in [-0.2, 0) is 0 Å². The SMILES string of the molecule is [HH].c1ccc(SSc2ccc3nc(C4=NCCS4)sc3c2)nc1. The minimum Gasteiger partial charge on any atom is -0.274 e. The first kappa shape index (κ1) is 14.6. The summed E-state index contributed by atoms with van der Waals surface area (Å²) in [6, 6.07) is 12.4. The first-order valence-corrected chi connectivity index (χ1v) is 10.7. The molecule has 1 aromatic carbocycles. The highest BCUT2D eigenvalue weighted by atomic mass is 33.1. The van der Waals surface area contributed by atoms with Gasteiger partial charge in [-0.3, -0.25) is 4.99 Å². The van der Waals surface area contributed by atoms with Crippen molar-refractivity contribution in [3.63, 3.8) is 0 Å². The van der Waals surface area contributed by atoms with Gasteiger partial charge in [-0.15, -0.1) is 23.1 Å². The lowest BCUT2D eigenvalue weighted by atomic mass is 10.3. The van der Waals surface area contributed by atoms with Crippen molar-refractivity contribution in [3.8, 4) is 0 Å². The molecule has 0 spiro atoms. The highest BCUT2D eigenvalue weighted by Crippen LogP contribution is 2.38. The first-order chi connectivity index (χ1) is 10.9. The van der Waals surface area contributed by atoms with Crippen molar-refractivity contribution in [2.24, 2.45) is 4.99 Å². The summed E-state index contributed by atoms with van der Waals surface area (Å²) in [5.41, 5.74) is 1.06. The molecule has 0 N–H and O–H groups in total. The zero-order valence-corrected chi connectivity index (χ0v) is 14.7. The van der Waals surface area contributed by atoms with E-state index in [9.17, 15) is 0 Å². The molecule has 0 atom stereocenters. The average molecular weight is 364 g/mol. The molecule has 0 unspecified atom stereocenters. The van der Waals surface area contributed by atoms with Gasteiger partial charge in [0.1, 0.15) is 15.1 Å². The lowest BCUT2D eigenvalue weighted by molar-refractivity contribution is 1.14. The van der Waals surface area contributed by atoms with Crippen molar-refractivity contribution < 1.29 is 1.43 Å². The van der Waals surface area contributed by atoms with Gasteiger partial charge in [-0.2, -0.15) is 0 Å². The number of aliphatic imine (C=N–C) groups is 1. The fourth-order valence-corrected chi connectivity index (χ4v) is 5.87. The summed E-state index contributed by atoms with van der Waals surface area (Å²) in [5.74, 6) is 1.08. The molecule has 3 heterocycles. The van der Waals surface area contributed by atoms with Crippen molar-refractivity contribution in [1.29, 1.82) is 0 Å². The second-order valence-electron chi connectivity index (χ2n) is 4.52. The van der Waals surface area contributed by atoms with E-state index in [0.29, 0.717) is 0 Å². The van der Waals surface area contributed by atoms with Crippen LogP contribution >= 0.6 is 44.7 Å². The van der Waals surface area contributed by atoms with Crippen LogP contribution in [0.15, 0.2) is 57.5 Å². The van der Waals surface area contributed by atoms with Crippen LogP contribution in [0.1, 0.15) is 6.43 Å². The maximum atomic E-state index is 4.69. The van der Waals surface area contributed by atoms with E-state index >= 15 is 0 Å². The number of rotatable bonds is 4. The molecule has 3 aromatic rings. The highest BCUT2D eigenvalue weighted by Gasteiger charge is 2.14. The average Bonchev–Trinajstić information content (AvgIpc) is 3.22. The number of hydrogen-bond donors (Lipinski definition) is 0. The van der Waals surface area contributed by atoms with Crippen LogP contribution in [0, 0.1) is 0 Å². The molecule has 0 aliphatic carbocycles. The van der Waals surface area contributed by atoms with E-state index in [4.69, 9.17) is 4.98 Å². The molecule has 0 saturated heterocycles. The summed E-state index contributed by atoms with van der Waals surface area (Å²) in [4.78, 5) is 14.8. The van der Waals surface area contributed by atoms with Gasteiger partial charge in [0.15, 0.2) is 0 Å². The Balaban J connectivity index is 0.00000156. The van der Waals surface area contributed by atoms with Crippen LogP contribution in [0.4, 0.5) is 0 Å². The highest BCUT2D eigenvalue weighted by molar-refractivity contribution is 8.76. The molecule has 3 nitrogen and oxygen atoms in total. The molecular weight excluding hydrogens is 350 g/mol. The maximum Gasteiger partial charge on any atom is 0.149 e. The Morgan fingerprint density at radius 2 is 2.14 bits per heavy atom. The third kappa shape index (κ3) is 3.17. The normalized spacial score (nSPS) is 14.5. The third-order valence-electron chi connectivity index (χ3n) is 2.99. The van der Waals surface area contributed by atoms with Crippen LogP contribution in [0.25, 0.3) is 10.2 Å². The Labute approximate surface area is 145 Å². The fraction of sp³-hybridized carbons (Fsp3) is 0.133. The van der Waals surface area contributed by atoms with Gasteiger partial charge in [0.25, 0.3) is 0 Å². The molecule has 0 fully saturated rings. The van der Waals surface area contributed by atoms with Gasteiger partial charge >= 0.3 is 0 Å². The number of fused-ring (bicyclic) bond motifs is 1. The van der Waals surface area contributed by atoms with Crippen molar-refractivity contribution in [2.75, 3.05) is 12.3 Å². The molecule has 22 heavy (non-hydrogen) atoms. The Morgan fingerprint density at radius 1 is 1.14 bits per heavy atom. The van der Waals surface area contributed by atoms with E-state index in [1.54, 1.807) is 44.7 Å². The third-order valence-corrected chi connectivity index (χ3v) is 7.41. The molecule has 112 valence electrons. The van der Waals surface area contributed by atoms with Crippen molar-refractivity contribution >= 4 is 59.9 Å². The minimum absolute atomic E-state index is 0. The first-order valence-electron chi connectivity index (χ1n) is 6.72. The van der Waals surface area contributed by atoms with Crippen LogP contribution in [-0.4, -0.2) is 27.3 Å². The van der Waals surface area contributed by atoms with Gasteiger partial charge in [-0.25, -0.2) is 9.97 Å². The summed E-state index contributed by atoms with van der Waals surface area (Å²) in [5, 5.41) is 3.17. The smallest absolute Gasteiger partial charge is 0.149 e. The van der Waals surface area contributed by atoms with Crippen molar-refractivity contribution in [3.05, 3.63) is 47.6 Å². The van der Waals surface area contributed by atoms with E-state index in [1.807, 2.05) is 24.4 Å². The lowest BCUT2D eigenvalue weighted by Crippen LogP contribution is -1.88. The molecule has 2 aromatic heterocycles. The molecule has 1 aliphatic rings. The van der Waals surface area contributed by atoms with Gasteiger partial charge in [0, 0.05) is 24.8 Å².